The SMILES string of the molecule is Cc1ncsc1-c1ccc(CNC(=O)[C@@H]2C[C@@H](O)CN2C(=O)[C@@H](NC(=O)C2(F)CC2)C(C)(C)C)c(OCCC2CCN(C(=O)OC(C)(C)C)CC2)c1. The van der Waals surface area contributed by atoms with Gasteiger partial charge in [-0.05, 0) is 82.8 Å². The Hall–Kier alpha value is -3.78. The van der Waals surface area contributed by atoms with Crippen LogP contribution in [0.1, 0.15) is 91.3 Å². The number of aliphatic hydroxyl groups is 1. The van der Waals surface area contributed by atoms with Crippen LogP contribution in [-0.2, 0) is 25.7 Å². The molecule has 3 atom stereocenters. The van der Waals surface area contributed by atoms with Crippen LogP contribution in [-0.4, -0.2) is 99.4 Å². The van der Waals surface area contributed by atoms with Crippen molar-refractivity contribution >= 4 is 35.2 Å². The Labute approximate surface area is 309 Å². The standard InChI is InChI=1S/C38H54FN5O7S/c1-23-30(52-22-41-23)25-8-9-26(29(18-25)50-17-12-24-10-15-43(16-11-24)35(49)51-37(5,6)7)20-40-32(46)28-19-27(45)21-44(28)33(47)31(36(2,3)4)42-34(48)38(39)13-14-38/h8-9,18,22,24,27-28,31,45H,10-17,19-21H2,1-7H3,(H,40,46)(H,42,48)/t27-,28+,31-/m1/s1. The average Bonchev–Trinajstić information content (AvgIpc) is 3.47. The van der Waals surface area contributed by atoms with E-state index in [9.17, 15) is 28.7 Å². The lowest BCUT2D eigenvalue weighted by Gasteiger charge is -2.35. The Morgan fingerprint density at radius 1 is 1.12 bits per heavy atom. The molecule has 1 aromatic heterocycles. The summed E-state index contributed by atoms with van der Waals surface area (Å²) in [6.07, 6.45) is 1.55. The number of aryl methyl sites for hydroxylation is 1. The van der Waals surface area contributed by atoms with Crippen molar-refractivity contribution in [2.24, 2.45) is 11.3 Å². The van der Waals surface area contributed by atoms with Gasteiger partial charge in [0.1, 0.15) is 23.4 Å². The second kappa shape index (κ2) is 15.7. The molecule has 286 valence electrons. The topological polar surface area (TPSA) is 150 Å². The number of ether oxygens (including phenoxy) is 2. The second-order valence-corrected chi connectivity index (χ2v) is 17.3. The molecule has 3 heterocycles. The molecule has 0 bridgehead atoms. The summed E-state index contributed by atoms with van der Waals surface area (Å²) in [4.78, 5) is 61.1. The third-order valence-corrected chi connectivity index (χ3v) is 10.9. The van der Waals surface area contributed by atoms with Crippen molar-refractivity contribution in [2.45, 2.75) is 123 Å². The number of aliphatic hydroxyl groups excluding tert-OH is 1. The number of alkyl halides is 1. The summed E-state index contributed by atoms with van der Waals surface area (Å²) < 4.78 is 26.5. The Morgan fingerprint density at radius 2 is 1.81 bits per heavy atom. The molecule has 14 heteroatoms. The van der Waals surface area contributed by atoms with Gasteiger partial charge in [0.25, 0.3) is 5.91 Å². The predicted molar refractivity (Wildman–Crippen MR) is 195 cm³/mol. The number of rotatable bonds is 11. The van der Waals surface area contributed by atoms with Crippen molar-refractivity contribution in [1.29, 1.82) is 0 Å². The molecule has 1 aromatic carbocycles. The number of carbonyl (C=O) groups is 4. The summed E-state index contributed by atoms with van der Waals surface area (Å²) >= 11 is 1.53. The third kappa shape index (κ3) is 9.80. The van der Waals surface area contributed by atoms with E-state index in [0.717, 1.165) is 41.0 Å². The van der Waals surface area contributed by atoms with Crippen LogP contribution in [0.2, 0.25) is 0 Å². The normalized spacial score (nSPS) is 21.0. The number of nitrogens with one attached hydrogen (secondary N) is 2. The molecule has 3 fully saturated rings. The summed E-state index contributed by atoms with van der Waals surface area (Å²) in [5.74, 6) is -0.804. The molecular weight excluding hydrogens is 690 g/mol. The molecule has 4 amide bonds. The molecule has 0 radical (unpaired) electrons. The fourth-order valence-electron chi connectivity index (χ4n) is 6.64. The number of likely N-dealkylation sites (tertiary alicyclic amines) is 2. The number of carbonyl (C=O) groups excluding carboxylic acids is 4. The van der Waals surface area contributed by atoms with E-state index in [1.54, 1.807) is 31.2 Å². The lowest BCUT2D eigenvalue weighted by molar-refractivity contribution is -0.145. The van der Waals surface area contributed by atoms with Crippen molar-refractivity contribution in [3.63, 3.8) is 0 Å². The Balaban J connectivity index is 1.24. The van der Waals surface area contributed by atoms with E-state index in [-0.39, 0.29) is 38.4 Å². The summed E-state index contributed by atoms with van der Waals surface area (Å²) in [5.41, 5.74) is 1.12. The molecule has 5 rings (SSSR count). The zero-order valence-electron chi connectivity index (χ0n) is 31.4. The smallest absolute Gasteiger partial charge is 0.410 e. The van der Waals surface area contributed by atoms with Gasteiger partial charge in [0.15, 0.2) is 5.67 Å². The van der Waals surface area contributed by atoms with Crippen molar-refractivity contribution in [1.82, 2.24) is 25.4 Å². The fraction of sp³-hybridized carbons (Fsp3) is 0.658. The number of amides is 4. The molecule has 2 saturated heterocycles. The third-order valence-electron chi connectivity index (χ3n) is 9.93. The summed E-state index contributed by atoms with van der Waals surface area (Å²) in [6, 6.07) is 3.77. The number of halogens is 1. The van der Waals surface area contributed by atoms with Crippen LogP contribution < -0.4 is 15.4 Å². The van der Waals surface area contributed by atoms with Crippen molar-refractivity contribution < 1.29 is 38.1 Å². The first-order valence-corrected chi connectivity index (χ1v) is 19.1. The van der Waals surface area contributed by atoms with Gasteiger partial charge in [0.05, 0.1) is 28.8 Å². The van der Waals surface area contributed by atoms with E-state index in [4.69, 9.17) is 9.47 Å². The van der Waals surface area contributed by atoms with Gasteiger partial charge in [-0.2, -0.15) is 0 Å². The number of benzene rings is 1. The zero-order chi connectivity index (χ0) is 38.0. The average molecular weight is 744 g/mol. The van der Waals surface area contributed by atoms with Gasteiger partial charge in [-0.3, -0.25) is 14.4 Å². The molecule has 2 aliphatic heterocycles. The summed E-state index contributed by atoms with van der Waals surface area (Å²) in [5, 5.41) is 16.1. The van der Waals surface area contributed by atoms with E-state index in [1.807, 2.05) is 45.9 Å². The molecular formula is C38H54FN5O7S. The molecule has 12 nitrogen and oxygen atoms in total. The summed E-state index contributed by atoms with van der Waals surface area (Å²) in [6.45, 7) is 14.6. The van der Waals surface area contributed by atoms with E-state index in [1.165, 1.54) is 16.2 Å². The molecule has 0 unspecified atom stereocenters. The lowest BCUT2D eigenvalue weighted by atomic mass is 9.85. The van der Waals surface area contributed by atoms with Crippen LogP contribution >= 0.6 is 11.3 Å². The van der Waals surface area contributed by atoms with Gasteiger partial charge >= 0.3 is 6.09 Å². The molecule has 1 aliphatic carbocycles. The van der Waals surface area contributed by atoms with Crippen LogP contribution in [0, 0.1) is 18.3 Å². The van der Waals surface area contributed by atoms with E-state index >= 15 is 0 Å². The van der Waals surface area contributed by atoms with Crippen molar-refractivity contribution in [3.05, 3.63) is 35.0 Å². The van der Waals surface area contributed by atoms with E-state index in [2.05, 4.69) is 15.6 Å². The number of hydrogen-bond donors (Lipinski definition) is 3. The number of aromatic nitrogens is 1. The van der Waals surface area contributed by atoms with E-state index in [0.29, 0.717) is 31.4 Å². The molecule has 1 saturated carbocycles. The number of nitrogens with zero attached hydrogens (tertiary/aromatic N) is 3. The minimum absolute atomic E-state index is 0.0368. The predicted octanol–water partition coefficient (Wildman–Crippen LogP) is 5.15. The first-order chi connectivity index (χ1) is 24.3. The quantitative estimate of drug-likeness (QED) is 0.286. The Kier molecular flexibility index (Phi) is 11.9. The Bertz CT molecular complexity index is 1620. The van der Waals surface area contributed by atoms with Crippen LogP contribution in [0.5, 0.6) is 5.75 Å². The highest BCUT2D eigenvalue weighted by Gasteiger charge is 2.53. The van der Waals surface area contributed by atoms with Gasteiger partial charge in [0.2, 0.25) is 11.8 Å². The molecule has 3 aliphatic rings. The van der Waals surface area contributed by atoms with Crippen LogP contribution in [0.25, 0.3) is 10.4 Å². The van der Waals surface area contributed by atoms with Gasteiger partial charge < -0.3 is 35.0 Å². The molecule has 2 aromatic rings. The maximum absolute atomic E-state index is 14.6. The highest BCUT2D eigenvalue weighted by Crippen LogP contribution is 2.40. The number of hydrogen-bond acceptors (Lipinski definition) is 9. The molecule has 52 heavy (non-hydrogen) atoms. The largest absolute Gasteiger partial charge is 0.493 e. The number of β-amino-alcohol motifs (C(OH)–C–C–N with tert-alkyl or cyclic N) is 1. The fourth-order valence-corrected chi connectivity index (χ4v) is 7.44. The number of piperidine rings is 1. The van der Waals surface area contributed by atoms with Gasteiger partial charge in [-0.25, -0.2) is 14.2 Å². The monoisotopic (exact) mass is 743 g/mol. The molecule has 0 spiro atoms. The zero-order valence-corrected chi connectivity index (χ0v) is 32.2. The van der Waals surface area contributed by atoms with Crippen molar-refractivity contribution in [3.8, 4) is 16.2 Å². The maximum Gasteiger partial charge on any atom is 0.410 e. The van der Waals surface area contributed by atoms with Gasteiger partial charge in [-0.15, -0.1) is 11.3 Å². The van der Waals surface area contributed by atoms with Gasteiger partial charge in [0, 0.05) is 38.2 Å². The highest BCUT2D eigenvalue weighted by atomic mass is 32.1. The Morgan fingerprint density at radius 3 is 2.40 bits per heavy atom. The first kappa shape index (κ1) is 39.4. The van der Waals surface area contributed by atoms with Crippen LogP contribution in [0.15, 0.2) is 23.7 Å². The van der Waals surface area contributed by atoms with E-state index < -0.39 is 52.6 Å². The maximum atomic E-state index is 14.6. The minimum atomic E-state index is -1.96. The van der Waals surface area contributed by atoms with Crippen molar-refractivity contribution in [2.75, 3.05) is 26.2 Å². The summed E-state index contributed by atoms with van der Waals surface area (Å²) in [7, 11) is 0. The highest BCUT2D eigenvalue weighted by molar-refractivity contribution is 7.13. The minimum Gasteiger partial charge on any atom is -0.493 e. The lowest BCUT2D eigenvalue weighted by Crippen LogP contribution is -2.59. The van der Waals surface area contributed by atoms with Crippen LogP contribution in [0.4, 0.5) is 9.18 Å². The molecule has 3 N–H and O–H groups in total. The first-order valence-electron chi connectivity index (χ1n) is 18.2. The number of thiazole rings is 1. The van der Waals surface area contributed by atoms with Gasteiger partial charge in [-0.1, -0.05) is 32.9 Å². The second-order valence-electron chi connectivity index (χ2n) is 16.5. The van der Waals surface area contributed by atoms with Crippen LogP contribution in [0.3, 0.4) is 0 Å².